The van der Waals surface area contributed by atoms with Crippen molar-refractivity contribution in [1.29, 1.82) is 0 Å². The fourth-order valence-electron chi connectivity index (χ4n) is 4.15. The number of carbonyl (C=O) groups is 1. The average molecular weight is 486 g/mol. The van der Waals surface area contributed by atoms with Crippen molar-refractivity contribution >= 4 is 28.3 Å². The lowest BCUT2D eigenvalue weighted by molar-refractivity contribution is 0.0941. The molecular formula is C28H27N3O5. The number of nitrogens with zero attached hydrogens (tertiary/aromatic N) is 1. The number of carbonyl (C=O) groups excluding carboxylic acids is 1. The maximum atomic E-state index is 13.5. The molecule has 0 saturated heterocycles. The largest absolute Gasteiger partial charge is 0.497 e. The molecule has 8 heteroatoms. The van der Waals surface area contributed by atoms with Gasteiger partial charge in [-0.2, -0.15) is 0 Å². The molecule has 2 N–H and O–H groups in total. The Bertz CT molecular complexity index is 1420. The first-order valence-electron chi connectivity index (χ1n) is 11.6. The number of hydrogen-bond donors (Lipinski definition) is 2. The average Bonchev–Trinajstić information content (AvgIpc) is 2.92. The zero-order valence-corrected chi connectivity index (χ0v) is 20.3. The Kier molecular flexibility index (Phi) is 6.49. The Morgan fingerprint density at radius 3 is 2.56 bits per heavy atom. The van der Waals surface area contributed by atoms with Crippen LogP contribution in [-0.4, -0.2) is 38.3 Å². The number of nitrogens with one attached hydrogen (secondary N) is 2. The Hall–Kier alpha value is -4.46. The zero-order valence-electron chi connectivity index (χ0n) is 20.3. The van der Waals surface area contributed by atoms with Crippen LogP contribution in [0.4, 0.5) is 11.5 Å². The number of benzene rings is 3. The van der Waals surface area contributed by atoms with E-state index in [1.54, 1.807) is 26.4 Å². The summed E-state index contributed by atoms with van der Waals surface area (Å²) >= 11 is 0. The summed E-state index contributed by atoms with van der Waals surface area (Å²) in [4.78, 5) is 18.2. The van der Waals surface area contributed by atoms with Crippen LogP contribution in [-0.2, 0) is 0 Å². The maximum Gasteiger partial charge on any atom is 0.252 e. The van der Waals surface area contributed by atoms with Crippen LogP contribution in [0.15, 0.2) is 66.7 Å². The second-order valence-electron chi connectivity index (χ2n) is 8.36. The van der Waals surface area contributed by atoms with Crippen LogP contribution < -0.4 is 29.6 Å². The Labute approximate surface area is 209 Å². The van der Waals surface area contributed by atoms with Crippen molar-refractivity contribution in [2.45, 2.75) is 13.0 Å². The second-order valence-corrected chi connectivity index (χ2v) is 8.36. The number of fused-ring (bicyclic) bond motifs is 2. The van der Waals surface area contributed by atoms with Crippen LogP contribution in [0, 0.1) is 0 Å². The highest BCUT2D eigenvalue weighted by Gasteiger charge is 2.19. The molecule has 1 atom stereocenters. The van der Waals surface area contributed by atoms with Crippen molar-refractivity contribution in [2.75, 3.05) is 32.8 Å². The van der Waals surface area contributed by atoms with E-state index in [1.807, 2.05) is 61.5 Å². The minimum atomic E-state index is -0.252. The number of hydrogen-bond acceptors (Lipinski definition) is 7. The third-order valence-corrected chi connectivity index (χ3v) is 6.05. The van der Waals surface area contributed by atoms with Crippen LogP contribution in [0.3, 0.4) is 0 Å². The first-order valence-corrected chi connectivity index (χ1v) is 11.6. The van der Waals surface area contributed by atoms with E-state index in [0.29, 0.717) is 58.8 Å². The van der Waals surface area contributed by atoms with E-state index < -0.39 is 0 Å². The molecule has 4 aromatic rings. The molecule has 36 heavy (non-hydrogen) atoms. The van der Waals surface area contributed by atoms with Crippen LogP contribution in [0.25, 0.3) is 10.9 Å². The highest BCUT2D eigenvalue weighted by Crippen LogP contribution is 2.34. The van der Waals surface area contributed by atoms with E-state index >= 15 is 0 Å². The molecule has 1 aromatic heterocycles. The monoisotopic (exact) mass is 485 g/mol. The molecule has 1 aliphatic heterocycles. The molecule has 1 amide bonds. The molecular weight excluding hydrogens is 458 g/mol. The van der Waals surface area contributed by atoms with Gasteiger partial charge in [-0.15, -0.1) is 0 Å². The summed E-state index contributed by atoms with van der Waals surface area (Å²) in [7, 11) is 3.19. The van der Waals surface area contributed by atoms with E-state index in [-0.39, 0.29) is 11.9 Å². The summed E-state index contributed by atoms with van der Waals surface area (Å²) in [6.45, 7) is 2.98. The van der Waals surface area contributed by atoms with Crippen molar-refractivity contribution in [3.05, 3.63) is 77.9 Å². The molecule has 5 rings (SSSR count). The summed E-state index contributed by atoms with van der Waals surface area (Å²) in [6, 6.07) is 20.2. The normalized spacial score (nSPS) is 13.1. The standard InChI is InChI=1S/C28H27N3O5/c1-17(18-8-11-24-26(14-18)36-13-12-35-24)29-28(32)21-16-27(30-22-7-5-4-6-20(21)22)31-23-10-9-19(33-2)15-25(23)34-3/h4-11,14-17H,12-13H2,1-3H3,(H,29,32)(H,30,31)/t17-/m0/s1. The third kappa shape index (κ3) is 4.70. The Morgan fingerprint density at radius 2 is 1.75 bits per heavy atom. The van der Waals surface area contributed by atoms with Gasteiger partial charge >= 0.3 is 0 Å². The lowest BCUT2D eigenvalue weighted by atomic mass is 10.0. The summed E-state index contributed by atoms with van der Waals surface area (Å²) < 4.78 is 22.1. The van der Waals surface area contributed by atoms with Gasteiger partial charge in [-0.25, -0.2) is 4.98 Å². The number of aromatic nitrogens is 1. The van der Waals surface area contributed by atoms with Crippen molar-refractivity contribution in [2.24, 2.45) is 0 Å². The summed E-state index contributed by atoms with van der Waals surface area (Å²) in [5.41, 5.74) is 2.84. The van der Waals surface area contributed by atoms with E-state index in [0.717, 1.165) is 10.9 Å². The quantitative estimate of drug-likeness (QED) is 0.369. The maximum absolute atomic E-state index is 13.5. The smallest absolute Gasteiger partial charge is 0.252 e. The predicted molar refractivity (Wildman–Crippen MR) is 138 cm³/mol. The number of para-hydroxylation sites is 1. The number of methoxy groups -OCH3 is 2. The number of ether oxygens (including phenoxy) is 4. The van der Waals surface area contributed by atoms with Gasteiger partial charge in [-0.1, -0.05) is 24.3 Å². The van der Waals surface area contributed by atoms with Gasteiger partial charge < -0.3 is 29.6 Å². The number of pyridine rings is 1. The summed E-state index contributed by atoms with van der Waals surface area (Å²) in [5, 5.41) is 7.15. The number of anilines is 2. The van der Waals surface area contributed by atoms with E-state index in [4.69, 9.17) is 23.9 Å². The van der Waals surface area contributed by atoms with Gasteiger partial charge in [0.15, 0.2) is 11.5 Å². The fourth-order valence-corrected chi connectivity index (χ4v) is 4.15. The molecule has 2 heterocycles. The number of rotatable bonds is 7. The summed E-state index contributed by atoms with van der Waals surface area (Å²) in [5.74, 6) is 3.00. The van der Waals surface area contributed by atoms with Gasteiger partial charge in [0.2, 0.25) is 0 Å². The molecule has 0 bridgehead atoms. The van der Waals surface area contributed by atoms with Gasteiger partial charge in [0, 0.05) is 11.5 Å². The zero-order chi connectivity index (χ0) is 25.1. The molecule has 184 valence electrons. The van der Waals surface area contributed by atoms with Gasteiger partial charge in [0.1, 0.15) is 30.5 Å². The molecule has 0 saturated carbocycles. The Balaban J connectivity index is 1.44. The van der Waals surface area contributed by atoms with Crippen LogP contribution in [0.2, 0.25) is 0 Å². The number of amides is 1. The topological polar surface area (TPSA) is 90.9 Å². The van der Waals surface area contributed by atoms with Crippen molar-refractivity contribution < 1.29 is 23.7 Å². The first-order chi connectivity index (χ1) is 17.6. The first kappa shape index (κ1) is 23.3. The molecule has 0 aliphatic carbocycles. The van der Waals surface area contributed by atoms with Gasteiger partial charge in [-0.3, -0.25) is 4.79 Å². The van der Waals surface area contributed by atoms with Crippen LogP contribution in [0.1, 0.15) is 28.9 Å². The molecule has 1 aliphatic rings. The molecule has 0 spiro atoms. The summed E-state index contributed by atoms with van der Waals surface area (Å²) in [6.07, 6.45) is 0. The van der Waals surface area contributed by atoms with Crippen LogP contribution in [0.5, 0.6) is 23.0 Å². The molecule has 0 unspecified atom stereocenters. The van der Waals surface area contributed by atoms with Crippen LogP contribution >= 0.6 is 0 Å². The fraction of sp³-hybridized carbons (Fsp3) is 0.214. The lowest BCUT2D eigenvalue weighted by Gasteiger charge is -2.21. The van der Waals surface area contributed by atoms with Crippen molar-refractivity contribution in [1.82, 2.24) is 10.3 Å². The lowest BCUT2D eigenvalue weighted by Crippen LogP contribution is -2.27. The van der Waals surface area contributed by atoms with Crippen molar-refractivity contribution in [3.8, 4) is 23.0 Å². The highest BCUT2D eigenvalue weighted by atomic mass is 16.6. The van der Waals surface area contributed by atoms with E-state index in [9.17, 15) is 4.79 Å². The van der Waals surface area contributed by atoms with Gasteiger partial charge in [0.25, 0.3) is 5.91 Å². The SMILES string of the molecule is COc1ccc(Nc2cc(C(=O)N[C@@H](C)c3ccc4c(c3)OCCO4)c3ccccc3n2)c(OC)c1. The molecule has 0 fully saturated rings. The molecule has 3 aromatic carbocycles. The minimum absolute atomic E-state index is 0.208. The highest BCUT2D eigenvalue weighted by molar-refractivity contribution is 6.07. The van der Waals surface area contributed by atoms with Crippen molar-refractivity contribution in [3.63, 3.8) is 0 Å². The minimum Gasteiger partial charge on any atom is -0.497 e. The Morgan fingerprint density at radius 1 is 0.944 bits per heavy atom. The molecule has 8 nitrogen and oxygen atoms in total. The van der Waals surface area contributed by atoms with Gasteiger partial charge in [-0.05, 0) is 48.9 Å². The third-order valence-electron chi connectivity index (χ3n) is 6.05. The second kappa shape index (κ2) is 10.0. The van der Waals surface area contributed by atoms with E-state index in [1.165, 1.54) is 0 Å². The van der Waals surface area contributed by atoms with Gasteiger partial charge in [0.05, 0.1) is 37.0 Å². The molecule has 0 radical (unpaired) electrons. The van der Waals surface area contributed by atoms with E-state index in [2.05, 4.69) is 10.6 Å². The predicted octanol–water partition coefficient (Wildman–Crippen LogP) is 5.26.